The molecule has 0 aliphatic rings. The fraction of sp³-hybridized carbons (Fsp3) is 0.0714. The second-order valence-corrected chi connectivity index (χ2v) is 7.41. The number of hydrogen-bond acceptors (Lipinski definition) is 2. The molecule has 0 bridgehead atoms. The van der Waals surface area contributed by atoms with Gasteiger partial charge in [0.05, 0.1) is 5.69 Å². The molecule has 0 atom stereocenters. The van der Waals surface area contributed by atoms with E-state index < -0.39 is 20.8 Å². The van der Waals surface area contributed by atoms with Gasteiger partial charge >= 0.3 is 37.9 Å². The summed E-state index contributed by atoms with van der Waals surface area (Å²) in [6.45, 7) is 1.87. The van der Waals surface area contributed by atoms with Crippen LogP contribution in [-0.2, 0) is 20.8 Å². The van der Waals surface area contributed by atoms with Gasteiger partial charge in [-0.25, -0.2) is 0 Å². The van der Waals surface area contributed by atoms with Gasteiger partial charge in [-0.05, 0) is 30.7 Å². The molecule has 0 radical (unpaired) electrons. The predicted molar refractivity (Wildman–Crippen MR) is 78.2 cm³/mol. The molecule has 2 aromatic rings. The monoisotopic (exact) mass is 371 g/mol. The van der Waals surface area contributed by atoms with Gasteiger partial charge in [0.1, 0.15) is 5.75 Å². The van der Waals surface area contributed by atoms with Crippen molar-refractivity contribution in [3.8, 4) is 5.75 Å². The number of halogens is 2. The van der Waals surface area contributed by atoms with Crippen LogP contribution in [0.1, 0.15) is 11.1 Å². The van der Waals surface area contributed by atoms with Gasteiger partial charge in [0.25, 0.3) is 0 Å². The number of aromatic hydroxyl groups is 1. The first kappa shape index (κ1) is 16.4. The van der Waals surface area contributed by atoms with Gasteiger partial charge in [-0.1, -0.05) is 30.3 Å². The van der Waals surface area contributed by atoms with Crippen LogP contribution < -0.4 is 0 Å². The maximum atomic E-state index is 9.78. The number of para-hydroxylation sites is 2. The molecular weight excluding hydrogens is 360 g/mol. The second kappa shape index (κ2) is 9.30. The quantitative estimate of drug-likeness (QED) is 0.752. The van der Waals surface area contributed by atoms with E-state index in [0.717, 1.165) is 16.8 Å². The molecule has 0 unspecified atom stereocenters. The van der Waals surface area contributed by atoms with Crippen molar-refractivity contribution in [1.29, 1.82) is 0 Å². The number of aliphatic imine (C=N–C) groups is 1. The van der Waals surface area contributed by atoms with Crippen molar-refractivity contribution >= 4 is 28.9 Å². The Morgan fingerprint density at radius 1 is 1.05 bits per heavy atom. The van der Waals surface area contributed by atoms with Gasteiger partial charge in [-0.15, -0.1) is 0 Å². The number of phenolic OH excluding ortho intramolecular Hbond substituents is 1. The van der Waals surface area contributed by atoms with Crippen LogP contribution in [0.3, 0.4) is 0 Å². The van der Waals surface area contributed by atoms with E-state index >= 15 is 0 Å². The predicted octanol–water partition coefficient (Wildman–Crippen LogP) is 4.83. The summed E-state index contributed by atoms with van der Waals surface area (Å²) in [4.78, 5) is 4.29. The molecule has 0 aromatic heterocycles. The fourth-order valence-corrected chi connectivity index (χ4v) is 1.44. The molecule has 0 saturated heterocycles. The zero-order chi connectivity index (χ0) is 14.1. The summed E-state index contributed by atoms with van der Waals surface area (Å²) < 4.78 is 0. The molecular formula is C14H13Cl2NOZr. The van der Waals surface area contributed by atoms with Crippen LogP contribution in [0, 0.1) is 6.92 Å². The molecule has 0 amide bonds. The van der Waals surface area contributed by atoms with Crippen molar-refractivity contribution in [2.75, 3.05) is 0 Å². The summed E-state index contributed by atoms with van der Waals surface area (Å²) in [6, 6.07) is 15.3. The fourth-order valence-electron chi connectivity index (χ4n) is 1.44. The van der Waals surface area contributed by atoms with Crippen LogP contribution in [0.4, 0.5) is 5.69 Å². The van der Waals surface area contributed by atoms with Crippen molar-refractivity contribution in [3.63, 3.8) is 0 Å². The molecule has 0 aliphatic carbocycles. The van der Waals surface area contributed by atoms with Crippen LogP contribution in [0.15, 0.2) is 53.5 Å². The van der Waals surface area contributed by atoms with Crippen LogP contribution in [0.5, 0.6) is 5.75 Å². The van der Waals surface area contributed by atoms with E-state index in [4.69, 9.17) is 17.0 Å². The Hall–Kier alpha value is -0.627. The van der Waals surface area contributed by atoms with Crippen molar-refractivity contribution in [1.82, 2.24) is 0 Å². The van der Waals surface area contributed by atoms with E-state index in [1.165, 1.54) is 0 Å². The Bertz CT molecular complexity index is 532. The van der Waals surface area contributed by atoms with Gasteiger partial charge in [0.2, 0.25) is 0 Å². The SMILES string of the molecule is Cc1cccc(C=Nc2ccccc2)c1O.[Cl][Zr][Cl]. The maximum absolute atomic E-state index is 9.78. The van der Waals surface area contributed by atoms with Gasteiger partial charge < -0.3 is 5.11 Å². The standard InChI is InChI=1S/C14H13NO.2ClH.Zr/c1-11-6-5-7-12(14(11)16)10-15-13-8-3-2-4-9-13;;;/h2-10,16H,1H3;2*1H;/q;;;+2/p-2. The van der Waals surface area contributed by atoms with E-state index in [1.807, 2.05) is 55.5 Å². The molecule has 0 aliphatic heterocycles. The van der Waals surface area contributed by atoms with E-state index in [9.17, 15) is 5.11 Å². The van der Waals surface area contributed by atoms with Gasteiger partial charge in [0.15, 0.2) is 0 Å². The third-order valence-corrected chi connectivity index (χ3v) is 2.38. The van der Waals surface area contributed by atoms with E-state index in [1.54, 1.807) is 6.21 Å². The number of hydrogen-bond donors (Lipinski definition) is 1. The van der Waals surface area contributed by atoms with Gasteiger partial charge in [-0.3, -0.25) is 4.99 Å². The summed E-state index contributed by atoms with van der Waals surface area (Å²) in [5.41, 5.74) is 2.48. The number of aryl methyl sites for hydroxylation is 1. The molecule has 0 fully saturated rings. The average Bonchev–Trinajstić information content (AvgIpc) is 2.43. The molecule has 0 heterocycles. The Labute approximate surface area is 131 Å². The third kappa shape index (κ3) is 5.90. The molecule has 2 aromatic carbocycles. The minimum absolute atomic E-state index is 0.294. The van der Waals surface area contributed by atoms with Gasteiger partial charge in [0, 0.05) is 11.8 Å². The summed E-state index contributed by atoms with van der Waals surface area (Å²) in [7, 11) is 9.87. The molecule has 1 N–H and O–H groups in total. The van der Waals surface area contributed by atoms with Crippen LogP contribution in [0.2, 0.25) is 0 Å². The Morgan fingerprint density at radius 2 is 1.68 bits per heavy atom. The van der Waals surface area contributed by atoms with Crippen molar-refractivity contribution in [3.05, 3.63) is 59.7 Å². The first-order chi connectivity index (χ1) is 9.19. The molecule has 0 saturated carbocycles. The zero-order valence-corrected chi connectivity index (χ0v) is 14.3. The number of nitrogens with zero attached hydrogens (tertiary/aromatic N) is 1. The first-order valence-electron chi connectivity index (χ1n) is 5.53. The van der Waals surface area contributed by atoms with E-state index in [2.05, 4.69) is 4.99 Å². The average molecular weight is 373 g/mol. The Morgan fingerprint density at radius 3 is 2.32 bits per heavy atom. The molecule has 2 nitrogen and oxygen atoms in total. The molecule has 19 heavy (non-hydrogen) atoms. The molecule has 0 spiro atoms. The summed E-state index contributed by atoms with van der Waals surface area (Å²) in [6.07, 6.45) is 1.68. The topological polar surface area (TPSA) is 32.6 Å². The van der Waals surface area contributed by atoms with E-state index in [0.29, 0.717) is 5.75 Å². The number of benzene rings is 2. The first-order valence-corrected chi connectivity index (χ1v) is 11.9. The summed E-state index contributed by atoms with van der Waals surface area (Å²) in [5.74, 6) is 0.294. The number of phenols is 1. The van der Waals surface area contributed by atoms with Gasteiger partial charge in [-0.2, -0.15) is 0 Å². The molecule has 2 rings (SSSR count). The zero-order valence-electron chi connectivity index (χ0n) is 10.3. The van der Waals surface area contributed by atoms with Crippen LogP contribution in [-0.4, -0.2) is 11.3 Å². The van der Waals surface area contributed by atoms with Crippen LogP contribution in [0.25, 0.3) is 0 Å². The van der Waals surface area contributed by atoms with E-state index in [-0.39, 0.29) is 0 Å². The summed E-state index contributed by atoms with van der Waals surface area (Å²) >= 11 is -0.826. The second-order valence-electron chi connectivity index (χ2n) is 3.68. The molecule has 5 heteroatoms. The Kier molecular flexibility index (Phi) is 8.04. The normalized spacial score (nSPS) is 9.84. The number of rotatable bonds is 2. The molecule has 98 valence electrons. The third-order valence-electron chi connectivity index (χ3n) is 2.38. The Balaban J connectivity index is 0.000000550. The van der Waals surface area contributed by atoms with Crippen molar-refractivity contribution in [2.24, 2.45) is 4.99 Å². The summed E-state index contributed by atoms with van der Waals surface area (Å²) in [5, 5.41) is 9.78. The van der Waals surface area contributed by atoms with Crippen molar-refractivity contribution in [2.45, 2.75) is 6.92 Å². The van der Waals surface area contributed by atoms with Crippen LogP contribution >= 0.6 is 17.0 Å². The van der Waals surface area contributed by atoms with Crippen molar-refractivity contribution < 1.29 is 26.0 Å². The minimum atomic E-state index is -0.826.